The lowest BCUT2D eigenvalue weighted by Crippen LogP contribution is -1.98. The molecule has 0 amide bonds. The van der Waals surface area contributed by atoms with Crippen molar-refractivity contribution in [2.24, 2.45) is 5.92 Å². The van der Waals surface area contributed by atoms with E-state index < -0.39 is 5.97 Å². The van der Waals surface area contributed by atoms with Crippen LogP contribution in [0.1, 0.15) is 17.9 Å². The van der Waals surface area contributed by atoms with Crippen LogP contribution in [0.3, 0.4) is 0 Å². The molecule has 1 aromatic carbocycles. The molecule has 1 aliphatic rings. The molecule has 2 rings (SSSR count). The van der Waals surface area contributed by atoms with E-state index in [2.05, 4.69) is 0 Å². The van der Waals surface area contributed by atoms with Gasteiger partial charge in [0.25, 0.3) is 0 Å². The predicted octanol–water partition coefficient (Wildman–Crippen LogP) is 1.58. The van der Waals surface area contributed by atoms with Gasteiger partial charge in [-0.1, -0.05) is 18.2 Å². The molecule has 0 unspecified atom stereocenters. The molecule has 0 aliphatic heterocycles. The van der Waals surface area contributed by atoms with Gasteiger partial charge in [-0.15, -0.1) is 0 Å². The highest BCUT2D eigenvalue weighted by molar-refractivity contribution is 5.75. The molecule has 0 saturated heterocycles. The van der Waals surface area contributed by atoms with Crippen LogP contribution in [-0.4, -0.2) is 16.2 Å². The lowest BCUT2D eigenvalue weighted by Gasteiger charge is -2.00. The number of carbonyl (C=O) groups is 1. The van der Waals surface area contributed by atoms with Crippen molar-refractivity contribution < 1.29 is 15.0 Å². The van der Waals surface area contributed by atoms with Crippen molar-refractivity contribution in [1.29, 1.82) is 0 Å². The summed E-state index contributed by atoms with van der Waals surface area (Å²) >= 11 is 0. The highest BCUT2D eigenvalue weighted by atomic mass is 16.4. The van der Waals surface area contributed by atoms with Crippen LogP contribution in [0.15, 0.2) is 24.3 Å². The van der Waals surface area contributed by atoms with E-state index in [1.165, 1.54) is 0 Å². The number of carboxylic acid groups (broad SMARTS) is 1. The van der Waals surface area contributed by atoms with Gasteiger partial charge in [-0.3, -0.25) is 4.79 Å². The van der Waals surface area contributed by atoms with Gasteiger partial charge in [0, 0.05) is 5.92 Å². The van der Waals surface area contributed by atoms with E-state index in [9.17, 15) is 9.90 Å². The predicted molar refractivity (Wildman–Crippen MR) is 46.6 cm³/mol. The molecule has 0 spiro atoms. The molecule has 1 aliphatic carbocycles. The first-order chi connectivity index (χ1) is 6.20. The topological polar surface area (TPSA) is 57.5 Å². The van der Waals surface area contributed by atoms with Gasteiger partial charge < -0.3 is 10.2 Å². The van der Waals surface area contributed by atoms with Gasteiger partial charge in [-0.2, -0.15) is 0 Å². The third kappa shape index (κ3) is 1.37. The summed E-state index contributed by atoms with van der Waals surface area (Å²) in [6, 6.07) is 6.92. The fourth-order valence-corrected chi connectivity index (χ4v) is 1.61. The number of para-hydroxylation sites is 1. The Morgan fingerprint density at radius 3 is 2.62 bits per heavy atom. The first kappa shape index (κ1) is 8.10. The number of carboxylic acids is 1. The minimum Gasteiger partial charge on any atom is -0.508 e. The fourth-order valence-electron chi connectivity index (χ4n) is 1.61. The van der Waals surface area contributed by atoms with Crippen LogP contribution in [0.2, 0.25) is 0 Å². The van der Waals surface area contributed by atoms with Gasteiger partial charge in [-0.25, -0.2) is 0 Å². The maximum Gasteiger partial charge on any atom is 0.307 e. The zero-order chi connectivity index (χ0) is 9.42. The average Bonchev–Trinajstić information content (AvgIpc) is 2.84. The van der Waals surface area contributed by atoms with Gasteiger partial charge in [0.2, 0.25) is 0 Å². The summed E-state index contributed by atoms with van der Waals surface area (Å²) in [5.41, 5.74) is 0.759. The quantitative estimate of drug-likeness (QED) is 0.722. The van der Waals surface area contributed by atoms with E-state index in [1.807, 2.05) is 6.07 Å². The third-order valence-electron chi connectivity index (χ3n) is 2.44. The monoisotopic (exact) mass is 178 g/mol. The number of phenols is 1. The standard InChI is InChI=1S/C10H10O3/c11-9-4-2-1-3-6(9)7-5-8(7)10(12)13/h1-4,7-8,11H,5H2,(H,12,13)/t7-,8+/m0/s1. The molecular formula is C10H10O3. The number of hydrogen-bond donors (Lipinski definition) is 2. The number of rotatable bonds is 2. The Morgan fingerprint density at radius 2 is 2.08 bits per heavy atom. The molecule has 68 valence electrons. The van der Waals surface area contributed by atoms with Crippen molar-refractivity contribution in [1.82, 2.24) is 0 Å². The largest absolute Gasteiger partial charge is 0.508 e. The lowest BCUT2D eigenvalue weighted by atomic mass is 10.1. The van der Waals surface area contributed by atoms with Crippen LogP contribution in [0, 0.1) is 5.92 Å². The highest BCUT2D eigenvalue weighted by Gasteiger charge is 2.45. The molecule has 0 heterocycles. The molecule has 0 radical (unpaired) electrons. The fraction of sp³-hybridized carbons (Fsp3) is 0.300. The maximum absolute atomic E-state index is 10.6. The second-order valence-corrected chi connectivity index (χ2v) is 3.35. The van der Waals surface area contributed by atoms with Crippen molar-refractivity contribution in [2.75, 3.05) is 0 Å². The Hall–Kier alpha value is -1.51. The number of phenolic OH excluding ortho intramolecular Hbond substituents is 1. The summed E-state index contributed by atoms with van der Waals surface area (Å²) in [5, 5.41) is 18.1. The lowest BCUT2D eigenvalue weighted by molar-refractivity contribution is -0.138. The first-order valence-electron chi connectivity index (χ1n) is 4.21. The van der Waals surface area contributed by atoms with E-state index in [0.717, 1.165) is 5.56 Å². The summed E-state index contributed by atoms with van der Waals surface area (Å²) in [4.78, 5) is 10.6. The number of hydrogen-bond acceptors (Lipinski definition) is 2. The van der Waals surface area contributed by atoms with E-state index in [-0.39, 0.29) is 17.6 Å². The van der Waals surface area contributed by atoms with Gasteiger partial charge >= 0.3 is 5.97 Å². The van der Waals surface area contributed by atoms with Crippen LogP contribution in [0.5, 0.6) is 5.75 Å². The SMILES string of the molecule is O=C(O)[C@@H]1C[C@H]1c1ccccc1O. The molecule has 0 aromatic heterocycles. The highest BCUT2D eigenvalue weighted by Crippen LogP contribution is 2.49. The smallest absolute Gasteiger partial charge is 0.307 e. The summed E-state index contributed by atoms with van der Waals surface area (Å²) in [6.07, 6.45) is 0.646. The first-order valence-corrected chi connectivity index (χ1v) is 4.21. The molecule has 1 aromatic rings. The summed E-state index contributed by atoms with van der Waals surface area (Å²) in [7, 11) is 0. The Balaban J connectivity index is 2.21. The molecule has 3 nitrogen and oxygen atoms in total. The van der Waals surface area contributed by atoms with Gasteiger partial charge in [0.05, 0.1) is 5.92 Å². The molecule has 0 bridgehead atoms. The van der Waals surface area contributed by atoms with Crippen LogP contribution < -0.4 is 0 Å². The van der Waals surface area contributed by atoms with Crippen LogP contribution >= 0.6 is 0 Å². The second-order valence-electron chi connectivity index (χ2n) is 3.35. The minimum atomic E-state index is -0.770. The Labute approximate surface area is 75.6 Å². The van der Waals surface area contributed by atoms with Gasteiger partial charge in [0.1, 0.15) is 5.75 Å². The molecule has 2 N–H and O–H groups in total. The van der Waals surface area contributed by atoms with E-state index >= 15 is 0 Å². The van der Waals surface area contributed by atoms with E-state index in [4.69, 9.17) is 5.11 Å². The van der Waals surface area contributed by atoms with Gasteiger partial charge in [-0.05, 0) is 18.1 Å². The second kappa shape index (κ2) is 2.76. The Kier molecular flexibility index (Phi) is 1.72. The summed E-state index contributed by atoms with van der Waals surface area (Å²) in [5.74, 6) is -0.850. The van der Waals surface area contributed by atoms with Crippen molar-refractivity contribution in [3.8, 4) is 5.75 Å². The zero-order valence-electron chi connectivity index (χ0n) is 6.97. The van der Waals surface area contributed by atoms with E-state index in [0.29, 0.717) is 6.42 Å². The molecule has 1 saturated carbocycles. The van der Waals surface area contributed by atoms with Crippen molar-refractivity contribution in [3.05, 3.63) is 29.8 Å². The van der Waals surface area contributed by atoms with Crippen molar-refractivity contribution in [2.45, 2.75) is 12.3 Å². The van der Waals surface area contributed by atoms with Crippen LogP contribution in [0.25, 0.3) is 0 Å². The number of aliphatic carboxylic acids is 1. The Bertz CT molecular complexity index is 346. The molecular weight excluding hydrogens is 168 g/mol. The summed E-state index contributed by atoms with van der Waals surface area (Å²) in [6.45, 7) is 0. The number of aromatic hydroxyl groups is 1. The summed E-state index contributed by atoms with van der Waals surface area (Å²) < 4.78 is 0. The normalized spacial score (nSPS) is 25.5. The average molecular weight is 178 g/mol. The molecule has 1 fully saturated rings. The minimum absolute atomic E-state index is 0.0127. The van der Waals surface area contributed by atoms with Crippen molar-refractivity contribution >= 4 is 5.97 Å². The van der Waals surface area contributed by atoms with Crippen molar-refractivity contribution in [3.63, 3.8) is 0 Å². The van der Waals surface area contributed by atoms with E-state index in [1.54, 1.807) is 18.2 Å². The molecule has 2 atom stereocenters. The third-order valence-corrected chi connectivity index (χ3v) is 2.44. The zero-order valence-corrected chi connectivity index (χ0v) is 6.97. The molecule has 3 heteroatoms. The number of benzene rings is 1. The molecule has 13 heavy (non-hydrogen) atoms. The van der Waals surface area contributed by atoms with Crippen LogP contribution in [0.4, 0.5) is 0 Å². The maximum atomic E-state index is 10.6. The van der Waals surface area contributed by atoms with Crippen LogP contribution in [-0.2, 0) is 4.79 Å². The van der Waals surface area contributed by atoms with Gasteiger partial charge in [0.15, 0.2) is 0 Å². The Morgan fingerprint density at radius 1 is 1.38 bits per heavy atom.